The maximum Gasteiger partial charge on any atom is 0.329 e. The first-order valence-corrected chi connectivity index (χ1v) is 14.8. The van der Waals surface area contributed by atoms with E-state index >= 15 is 0 Å². The van der Waals surface area contributed by atoms with Crippen LogP contribution in [0.2, 0.25) is 0 Å². The molecule has 0 heterocycles. The van der Waals surface area contributed by atoms with E-state index in [2.05, 4.69) is 13.0 Å². The van der Waals surface area contributed by atoms with Crippen LogP contribution >= 0.6 is 0 Å². The number of aromatic hydroxyl groups is 1. The number of rotatable bonds is 5. The lowest BCUT2D eigenvalue weighted by Crippen LogP contribution is -2.61. The first kappa shape index (κ1) is 26.7. The van der Waals surface area contributed by atoms with Crippen molar-refractivity contribution < 1.29 is 28.2 Å². The molecule has 2 aromatic rings. The fourth-order valence-electron chi connectivity index (χ4n) is 8.21. The fraction of sp³-hybridized carbons (Fsp3) is 0.517. The molecule has 0 bridgehead atoms. The zero-order valence-electron chi connectivity index (χ0n) is 22.1. The number of hydrogen-bond donors (Lipinski definition) is 3. The zero-order valence-corrected chi connectivity index (χ0v) is 22.9. The topological polar surface area (TPSA) is 138 Å². The van der Waals surface area contributed by atoms with Crippen molar-refractivity contribution in [3.8, 4) is 5.75 Å². The number of carbonyl (C=O) groups is 2. The van der Waals surface area contributed by atoms with Crippen LogP contribution < -0.4 is 5.14 Å². The zero-order chi connectivity index (χ0) is 27.6. The van der Waals surface area contributed by atoms with E-state index in [0.29, 0.717) is 23.5 Å². The van der Waals surface area contributed by atoms with Gasteiger partial charge in [-0.15, -0.1) is 0 Å². The van der Waals surface area contributed by atoms with Crippen molar-refractivity contribution in [1.82, 2.24) is 4.90 Å². The lowest BCUT2D eigenvalue weighted by molar-refractivity contribution is -0.156. The Morgan fingerprint density at radius 3 is 2.39 bits per heavy atom. The summed E-state index contributed by atoms with van der Waals surface area (Å²) in [5.74, 6) is -0.240. The van der Waals surface area contributed by atoms with Gasteiger partial charge in [0.15, 0.2) is 0 Å². The highest BCUT2D eigenvalue weighted by Gasteiger charge is 2.62. The van der Waals surface area contributed by atoms with Gasteiger partial charge in [0.2, 0.25) is 10.0 Å². The molecule has 9 heteroatoms. The number of likely N-dealkylation sites (N-methyl/N-ethyl adjacent to an activating group) is 1. The fourth-order valence-corrected chi connectivity index (χ4v) is 8.73. The Balaban J connectivity index is 1.44. The Kier molecular flexibility index (Phi) is 6.38. The van der Waals surface area contributed by atoms with Crippen LogP contribution in [0.1, 0.15) is 73.4 Å². The van der Waals surface area contributed by atoms with Crippen LogP contribution in [0.4, 0.5) is 0 Å². The van der Waals surface area contributed by atoms with Crippen molar-refractivity contribution in [2.75, 3.05) is 7.05 Å². The number of carbonyl (C=O) groups excluding carboxylic acids is 1. The maximum absolute atomic E-state index is 13.5. The molecule has 3 aliphatic carbocycles. The van der Waals surface area contributed by atoms with Crippen LogP contribution in [0.3, 0.4) is 0 Å². The van der Waals surface area contributed by atoms with Crippen molar-refractivity contribution in [3.05, 3.63) is 59.2 Å². The van der Waals surface area contributed by atoms with Gasteiger partial charge in [0.05, 0.1) is 4.90 Å². The SMILES string of the molecule is CN(C(=O)c1ccc(S(N)(=O)=O)cc1)[C@](C)(C(=O)O)[C@H]1CCC2C3CCc4cc(O)ccc4C3CC[C@@]21C. The van der Waals surface area contributed by atoms with Gasteiger partial charge >= 0.3 is 5.97 Å². The second kappa shape index (κ2) is 9.09. The second-order valence-corrected chi connectivity index (χ2v) is 13.4. The van der Waals surface area contributed by atoms with Crippen LogP contribution in [0, 0.1) is 23.2 Å². The highest BCUT2D eigenvalue weighted by atomic mass is 32.2. The molecule has 0 saturated heterocycles. The summed E-state index contributed by atoms with van der Waals surface area (Å²) in [6, 6.07) is 11.0. The van der Waals surface area contributed by atoms with Gasteiger partial charge in [-0.3, -0.25) is 4.79 Å². The number of benzene rings is 2. The van der Waals surface area contributed by atoms with E-state index in [9.17, 15) is 28.2 Å². The van der Waals surface area contributed by atoms with Crippen molar-refractivity contribution in [2.24, 2.45) is 28.3 Å². The predicted octanol–water partition coefficient (Wildman–Crippen LogP) is 4.13. The number of carboxylic acid groups (broad SMARTS) is 1. The van der Waals surface area contributed by atoms with Crippen LogP contribution in [-0.2, 0) is 21.2 Å². The Labute approximate surface area is 223 Å². The van der Waals surface area contributed by atoms with Crippen molar-refractivity contribution >= 4 is 21.9 Å². The summed E-state index contributed by atoms with van der Waals surface area (Å²) in [5, 5.41) is 25.7. The van der Waals surface area contributed by atoms with Gasteiger partial charge in [-0.1, -0.05) is 13.0 Å². The minimum Gasteiger partial charge on any atom is -0.508 e. The molecule has 1 amide bonds. The molecule has 0 aliphatic heterocycles. The van der Waals surface area contributed by atoms with E-state index in [1.54, 1.807) is 13.0 Å². The van der Waals surface area contributed by atoms with Crippen LogP contribution in [-0.4, -0.2) is 48.0 Å². The summed E-state index contributed by atoms with van der Waals surface area (Å²) in [6.07, 6.45) is 5.39. The largest absolute Gasteiger partial charge is 0.508 e. The minimum atomic E-state index is -3.90. The number of phenolic OH excluding ortho intramolecular Hbond substituents is 1. The summed E-state index contributed by atoms with van der Waals surface area (Å²) in [7, 11) is -2.37. The molecule has 2 fully saturated rings. The molecular weight excluding hydrogens is 504 g/mol. The molecule has 0 spiro atoms. The number of primary sulfonamides is 1. The molecule has 2 aromatic carbocycles. The normalized spacial score (nSPS) is 29.9. The van der Waals surface area contributed by atoms with Crippen LogP contribution in [0.15, 0.2) is 47.4 Å². The van der Waals surface area contributed by atoms with Crippen molar-refractivity contribution in [2.45, 2.75) is 68.7 Å². The van der Waals surface area contributed by atoms with Gasteiger partial charge in [0.1, 0.15) is 11.3 Å². The number of nitrogens with two attached hydrogens (primary N) is 1. The highest BCUT2D eigenvalue weighted by Crippen LogP contribution is 2.65. The average Bonchev–Trinajstić information content (AvgIpc) is 3.24. The number of nitrogens with zero attached hydrogens (tertiary/aromatic N) is 1. The highest BCUT2D eigenvalue weighted by molar-refractivity contribution is 7.89. The average molecular weight is 541 g/mol. The standard InChI is InChI=1S/C29H36N2O6S/c1-28-15-14-22-21-11-7-19(32)16-18(21)6-10-23(22)24(28)12-13-25(28)29(2,27(34)35)31(3)26(33)17-4-8-20(9-5-17)38(30,36)37/h4-5,7-9,11,16,22-25,32H,6,10,12-15H2,1-3H3,(H,34,35)(H2,30,36,37)/t22?,23?,24?,25-,28-,29-/m0/s1. The smallest absolute Gasteiger partial charge is 0.329 e. The monoisotopic (exact) mass is 540 g/mol. The molecule has 8 nitrogen and oxygen atoms in total. The van der Waals surface area contributed by atoms with E-state index in [1.807, 2.05) is 6.07 Å². The lowest BCUT2D eigenvalue weighted by Gasteiger charge is -2.54. The third-order valence-electron chi connectivity index (χ3n) is 10.3. The molecule has 3 unspecified atom stereocenters. The van der Waals surface area contributed by atoms with E-state index < -0.39 is 27.4 Å². The third kappa shape index (κ3) is 4.02. The predicted molar refractivity (Wildman–Crippen MR) is 142 cm³/mol. The molecule has 204 valence electrons. The summed E-state index contributed by atoms with van der Waals surface area (Å²) in [4.78, 5) is 27.7. The summed E-state index contributed by atoms with van der Waals surface area (Å²) in [5.41, 5.74) is 1.07. The quantitative estimate of drug-likeness (QED) is 0.521. The number of carboxylic acids is 1. The minimum absolute atomic E-state index is 0.107. The molecule has 4 N–H and O–H groups in total. The van der Waals surface area contributed by atoms with Gasteiger partial charge in [0, 0.05) is 12.6 Å². The molecule has 5 rings (SSSR count). The van der Waals surface area contributed by atoms with Gasteiger partial charge in [-0.2, -0.15) is 0 Å². The number of phenols is 1. The molecule has 2 saturated carbocycles. The van der Waals surface area contributed by atoms with Crippen molar-refractivity contribution in [1.29, 1.82) is 0 Å². The van der Waals surface area contributed by atoms with Gasteiger partial charge in [-0.25, -0.2) is 18.4 Å². The Hall–Kier alpha value is -2.91. The first-order chi connectivity index (χ1) is 17.8. The molecular formula is C29H36N2O6S. The van der Waals surface area contributed by atoms with E-state index in [1.165, 1.54) is 47.3 Å². The number of aliphatic carboxylic acids is 1. The Morgan fingerprint density at radius 2 is 1.76 bits per heavy atom. The maximum atomic E-state index is 13.5. The number of hydrogen-bond acceptors (Lipinski definition) is 5. The van der Waals surface area contributed by atoms with Crippen LogP contribution in [0.5, 0.6) is 5.75 Å². The molecule has 6 atom stereocenters. The molecule has 0 radical (unpaired) electrons. The lowest BCUT2D eigenvalue weighted by atomic mass is 9.52. The van der Waals surface area contributed by atoms with Gasteiger partial charge in [0.25, 0.3) is 5.91 Å². The third-order valence-corrected chi connectivity index (χ3v) is 11.2. The molecule has 3 aliphatic rings. The number of fused-ring (bicyclic) bond motifs is 5. The van der Waals surface area contributed by atoms with Gasteiger partial charge in [-0.05, 0) is 122 Å². The van der Waals surface area contributed by atoms with E-state index in [4.69, 9.17) is 5.14 Å². The van der Waals surface area contributed by atoms with Crippen molar-refractivity contribution in [3.63, 3.8) is 0 Å². The second-order valence-electron chi connectivity index (χ2n) is 11.9. The Bertz CT molecular complexity index is 1390. The number of amides is 1. The number of aryl methyl sites for hydroxylation is 1. The van der Waals surface area contributed by atoms with E-state index in [0.717, 1.165) is 38.5 Å². The van der Waals surface area contributed by atoms with Gasteiger partial charge < -0.3 is 15.1 Å². The molecule has 38 heavy (non-hydrogen) atoms. The molecule has 0 aromatic heterocycles. The number of sulfonamides is 1. The van der Waals surface area contributed by atoms with E-state index in [-0.39, 0.29) is 21.8 Å². The Morgan fingerprint density at radius 1 is 1.08 bits per heavy atom. The summed E-state index contributed by atoms with van der Waals surface area (Å²) < 4.78 is 23.2. The summed E-state index contributed by atoms with van der Waals surface area (Å²) >= 11 is 0. The summed E-state index contributed by atoms with van der Waals surface area (Å²) in [6.45, 7) is 3.88. The first-order valence-electron chi connectivity index (χ1n) is 13.2. The van der Waals surface area contributed by atoms with Crippen LogP contribution in [0.25, 0.3) is 0 Å².